The lowest BCUT2D eigenvalue weighted by molar-refractivity contribution is 0.0939. The molecular formula is C19H20N2O5S. The molecule has 2 aromatic carbocycles. The van der Waals surface area contributed by atoms with Crippen LogP contribution in [0, 0.1) is 0 Å². The second-order valence-electron chi connectivity index (χ2n) is 5.98. The molecule has 3 rings (SSSR count). The second kappa shape index (κ2) is 7.81. The van der Waals surface area contributed by atoms with Crippen LogP contribution in [-0.2, 0) is 10.0 Å². The molecule has 0 saturated carbocycles. The Balaban J connectivity index is 1.74. The average molecular weight is 388 g/mol. The van der Waals surface area contributed by atoms with Gasteiger partial charge in [0, 0.05) is 12.1 Å². The van der Waals surface area contributed by atoms with Gasteiger partial charge in [0.1, 0.15) is 0 Å². The predicted molar refractivity (Wildman–Crippen MR) is 100 cm³/mol. The topological polar surface area (TPSA) is 93.7 Å². The van der Waals surface area contributed by atoms with Gasteiger partial charge < -0.3 is 14.8 Å². The Morgan fingerprint density at radius 1 is 1.22 bits per heavy atom. The zero-order valence-electron chi connectivity index (χ0n) is 14.8. The Morgan fingerprint density at radius 3 is 2.78 bits per heavy atom. The summed E-state index contributed by atoms with van der Waals surface area (Å²) in [5, 5.41) is 2.86. The molecule has 0 saturated heterocycles. The van der Waals surface area contributed by atoms with Crippen molar-refractivity contribution in [3.05, 3.63) is 66.2 Å². The molecule has 2 N–H and O–H groups in total. The number of benzene rings is 2. The molecule has 0 bridgehead atoms. The summed E-state index contributed by atoms with van der Waals surface area (Å²) in [6.07, 6.45) is 1.45. The van der Waals surface area contributed by atoms with Crippen LogP contribution in [0.25, 0.3) is 0 Å². The number of nitrogens with one attached hydrogen (secondary N) is 2. The first-order chi connectivity index (χ1) is 12.9. The third kappa shape index (κ3) is 4.29. The van der Waals surface area contributed by atoms with Crippen molar-refractivity contribution in [2.75, 3.05) is 13.3 Å². The highest BCUT2D eigenvalue weighted by Crippen LogP contribution is 2.34. The largest absolute Gasteiger partial charge is 0.454 e. The molecule has 0 aliphatic carbocycles. The van der Waals surface area contributed by atoms with E-state index in [2.05, 4.69) is 16.6 Å². The number of hydrogen-bond acceptors (Lipinski definition) is 5. The number of hydrogen-bond donors (Lipinski definition) is 2. The van der Waals surface area contributed by atoms with E-state index < -0.39 is 10.0 Å². The van der Waals surface area contributed by atoms with Crippen LogP contribution in [0.4, 0.5) is 0 Å². The second-order valence-corrected chi connectivity index (χ2v) is 7.74. The van der Waals surface area contributed by atoms with Crippen molar-refractivity contribution in [2.45, 2.75) is 17.9 Å². The van der Waals surface area contributed by atoms with Crippen molar-refractivity contribution in [1.82, 2.24) is 10.0 Å². The zero-order chi connectivity index (χ0) is 19.4. The molecule has 1 aliphatic heterocycles. The van der Waals surface area contributed by atoms with Crippen LogP contribution in [0.15, 0.2) is 60.0 Å². The zero-order valence-corrected chi connectivity index (χ0v) is 15.6. The third-order valence-electron chi connectivity index (χ3n) is 4.07. The van der Waals surface area contributed by atoms with Crippen LogP contribution < -0.4 is 19.5 Å². The van der Waals surface area contributed by atoms with Gasteiger partial charge in [0.25, 0.3) is 5.91 Å². The van der Waals surface area contributed by atoms with Crippen molar-refractivity contribution in [3.8, 4) is 11.5 Å². The predicted octanol–water partition coefficient (Wildman–Crippen LogP) is 2.37. The standard InChI is InChI=1S/C19H20N2O5S/c1-3-9-20-27(23,24)16-6-4-5-15(10-16)19(22)21-13(2)14-7-8-17-18(11-14)26-12-25-17/h3-8,10-11,13,20H,1,9,12H2,2H3,(H,21,22). The summed E-state index contributed by atoms with van der Waals surface area (Å²) in [6.45, 7) is 5.61. The van der Waals surface area contributed by atoms with E-state index in [0.717, 1.165) is 5.56 Å². The van der Waals surface area contributed by atoms with Crippen molar-refractivity contribution in [3.63, 3.8) is 0 Å². The maximum Gasteiger partial charge on any atom is 0.251 e. The molecule has 0 spiro atoms. The summed E-state index contributed by atoms with van der Waals surface area (Å²) in [5.41, 5.74) is 1.10. The molecule has 1 amide bonds. The lowest BCUT2D eigenvalue weighted by atomic mass is 10.1. The Labute approximate surface area is 158 Å². The van der Waals surface area contributed by atoms with Crippen LogP contribution in [0.5, 0.6) is 11.5 Å². The highest BCUT2D eigenvalue weighted by atomic mass is 32.2. The first-order valence-corrected chi connectivity index (χ1v) is 9.80. The monoisotopic (exact) mass is 388 g/mol. The lowest BCUT2D eigenvalue weighted by Gasteiger charge is -2.15. The SMILES string of the molecule is C=CCNS(=O)(=O)c1cccc(C(=O)NC(C)c2ccc3c(c2)OCO3)c1. The number of amides is 1. The number of carbonyl (C=O) groups is 1. The van der Waals surface area contributed by atoms with Crippen molar-refractivity contribution in [2.24, 2.45) is 0 Å². The molecule has 1 aliphatic rings. The Hall–Kier alpha value is -2.84. The minimum Gasteiger partial charge on any atom is -0.454 e. The van der Waals surface area contributed by atoms with Crippen molar-refractivity contribution >= 4 is 15.9 Å². The van der Waals surface area contributed by atoms with Crippen LogP contribution in [0.2, 0.25) is 0 Å². The van der Waals surface area contributed by atoms with Gasteiger partial charge in [-0.15, -0.1) is 6.58 Å². The van der Waals surface area contributed by atoms with E-state index in [0.29, 0.717) is 11.5 Å². The molecule has 0 fully saturated rings. The van der Waals surface area contributed by atoms with Gasteiger partial charge in [0.15, 0.2) is 11.5 Å². The maximum atomic E-state index is 12.6. The van der Waals surface area contributed by atoms with Gasteiger partial charge in [-0.3, -0.25) is 4.79 Å². The first-order valence-electron chi connectivity index (χ1n) is 8.32. The van der Waals surface area contributed by atoms with Gasteiger partial charge in [-0.1, -0.05) is 18.2 Å². The van der Waals surface area contributed by atoms with Crippen LogP contribution in [-0.4, -0.2) is 27.7 Å². The summed E-state index contributed by atoms with van der Waals surface area (Å²) >= 11 is 0. The summed E-state index contributed by atoms with van der Waals surface area (Å²) in [7, 11) is -3.70. The van der Waals surface area contributed by atoms with E-state index in [1.807, 2.05) is 19.1 Å². The molecule has 1 unspecified atom stereocenters. The Morgan fingerprint density at radius 2 is 2.00 bits per heavy atom. The minimum absolute atomic E-state index is 0.0210. The molecule has 1 atom stereocenters. The van der Waals surface area contributed by atoms with Crippen LogP contribution >= 0.6 is 0 Å². The van der Waals surface area contributed by atoms with E-state index in [-0.39, 0.29) is 35.7 Å². The highest BCUT2D eigenvalue weighted by Gasteiger charge is 2.19. The number of carbonyl (C=O) groups excluding carboxylic acids is 1. The van der Waals surface area contributed by atoms with Gasteiger partial charge in [-0.05, 0) is 42.8 Å². The highest BCUT2D eigenvalue weighted by molar-refractivity contribution is 7.89. The molecular weight excluding hydrogens is 368 g/mol. The molecule has 2 aromatic rings. The Bertz CT molecular complexity index is 972. The number of rotatable bonds is 7. The van der Waals surface area contributed by atoms with Crippen LogP contribution in [0.3, 0.4) is 0 Å². The summed E-state index contributed by atoms with van der Waals surface area (Å²) < 4.78 is 37.4. The summed E-state index contributed by atoms with van der Waals surface area (Å²) in [4.78, 5) is 12.6. The van der Waals surface area contributed by atoms with E-state index in [1.54, 1.807) is 12.1 Å². The lowest BCUT2D eigenvalue weighted by Crippen LogP contribution is -2.27. The van der Waals surface area contributed by atoms with Crippen molar-refractivity contribution in [1.29, 1.82) is 0 Å². The molecule has 0 radical (unpaired) electrons. The van der Waals surface area contributed by atoms with E-state index in [1.165, 1.54) is 24.3 Å². The number of ether oxygens (including phenoxy) is 2. The smallest absolute Gasteiger partial charge is 0.251 e. The van der Waals surface area contributed by atoms with Gasteiger partial charge >= 0.3 is 0 Å². The van der Waals surface area contributed by atoms with E-state index in [9.17, 15) is 13.2 Å². The summed E-state index contributed by atoms with van der Waals surface area (Å²) in [5.74, 6) is 0.929. The normalized spacial score (nSPS) is 13.8. The Kier molecular flexibility index (Phi) is 5.48. The third-order valence-corrected chi connectivity index (χ3v) is 5.49. The molecule has 1 heterocycles. The fourth-order valence-electron chi connectivity index (χ4n) is 2.60. The molecule has 27 heavy (non-hydrogen) atoms. The van der Waals surface area contributed by atoms with E-state index >= 15 is 0 Å². The molecule has 8 heteroatoms. The fraction of sp³-hybridized carbons (Fsp3) is 0.211. The summed E-state index contributed by atoms with van der Waals surface area (Å²) in [6, 6.07) is 11.0. The average Bonchev–Trinajstić information content (AvgIpc) is 3.14. The van der Waals surface area contributed by atoms with Gasteiger partial charge in [0.05, 0.1) is 10.9 Å². The number of fused-ring (bicyclic) bond motifs is 1. The number of sulfonamides is 1. The molecule has 0 aromatic heterocycles. The van der Waals surface area contributed by atoms with Gasteiger partial charge in [-0.25, -0.2) is 13.1 Å². The molecule has 142 valence electrons. The van der Waals surface area contributed by atoms with Gasteiger partial charge in [0.2, 0.25) is 16.8 Å². The molecule has 7 nitrogen and oxygen atoms in total. The van der Waals surface area contributed by atoms with Gasteiger partial charge in [-0.2, -0.15) is 0 Å². The minimum atomic E-state index is -3.70. The quantitative estimate of drug-likeness (QED) is 0.711. The maximum absolute atomic E-state index is 12.6. The first kappa shape index (κ1) is 18.9. The van der Waals surface area contributed by atoms with Crippen LogP contribution in [0.1, 0.15) is 28.9 Å². The van der Waals surface area contributed by atoms with E-state index in [4.69, 9.17) is 9.47 Å². The fourth-order valence-corrected chi connectivity index (χ4v) is 3.65. The van der Waals surface area contributed by atoms with Crippen molar-refractivity contribution < 1.29 is 22.7 Å².